The molecule has 88 valence electrons. The molecule has 0 unspecified atom stereocenters. The minimum Gasteiger partial charge on any atom is -0.383 e. The summed E-state index contributed by atoms with van der Waals surface area (Å²) in [6, 6.07) is 7.07. The van der Waals surface area contributed by atoms with Crippen molar-refractivity contribution in [2.45, 2.75) is 0 Å². The molecule has 2 rings (SSSR count). The van der Waals surface area contributed by atoms with Crippen LogP contribution in [0.15, 0.2) is 30.5 Å². The van der Waals surface area contributed by atoms with Gasteiger partial charge >= 0.3 is 0 Å². The predicted molar refractivity (Wildman–Crippen MR) is 66.4 cm³/mol. The molecular weight excluding hydrogens is 240 g/mol. The molecule has 0 bridgehead atoms. The van der Waals surface area contributed by atoms with Crippen molar-refractivity contribution in [3.63, 3.8) is 0 Å². The average Bonchev–Trinajstić information content (AvgIpc) is 2.70. The number of rotatable bonds is 2. The Morgan fingerprint density at radius 1 is 1.53 bits per heavy atom. The smallest absolute Gasteiger partial charge is 0.256 e. The topological polar surface area (TPSA) is 72.9 Å². The van der Waals surface area contributed by atoms with Crippen molar-refractivity contribution in [2.75, 3.05) is 12.8 Å². The first-order valence-corrected chi connectivity index (χ1v) is 5.33. The first-order valence-electron chi connectivity index (χ1n) is 4.95. The third kappa shape index (κ3) is 2.09. The Morgan fingerprint density at radius 3 is 2.94 bits per heavy atom. The maximum atomic E-state index is 11.5. The third-order valence-corrected chi connectivity index (χ3v) is 2.57. The lowest BCUT2D eigenvalue weighted by molar-refractivity contribution is 0.0964. The lowest BCUT2D eigenvalue weighted by Crippen LogP contribution is -2.19. The monoisotopic (exact) mass is 250 g/mol. The number of benzene rings is 1. The highest BCUT2D eigenvalue weighted by atomic mass is 35.5. The van der Waals surface area contributed by atoms with Crippen molar-refractivity contribution in [2.24, 2.45) is 0 Å². The summed E-state index contributed by atoms with van der Waals surface area (Å²) < 4.78 is 1.47. The lowest BCUT2D eigenvalue weighted by Gasteiger charge is -2.05. The molecule has 0 aliphatic rings. The van der Waals surface area contributed by atoms with Crippen LogP contribution < -0.4 is 11.1 Å². The molecule has 0 atom stereocenters. The average molecular weight is 251 g/mol. The molecule has 0 spiro atoms. The zero-order chi connectivity index (χ0) is 12.4. The summed E-state index contributed by atoms with van der Waals surface area (Å²) in [6.45, 7) is 0. The molecular formula is C11H11ClN4O. The van der Waals surface area contributed by atoms with E-state index in [-0.39, 0.29) is 11.7 Å². The zero-order valence-electron chi connectivity index (χ0n) is 9.14. The van der Waals surface area contributed by atoms with E-state index in [1.54, 1.807) is 25.2 Å². The number of nitrogens with zero attached hydrogens (tertiary/aromatic N) is 2. The van der Waals surface area contributed by atoms with Gasteiger partial charge in [-0.25, -0.2) is 4.68 Å². The third-order valence-electron chi connectivity index (χ3n) is 2.33. The molecule has 0 aliphatic carbocycles. The summed E-state index contributed by atoms with van der Waals surface area (Å²) >= 11 is 5.88. The van der Waals surface area contributed by atoms with Crippen LogP contribution in [0.25, 0.3) is 5.69 Å². The number of amides is 1. The number of carbonyl (C=O) groups excluding carboxylic acids is 1. The second-order valence-electron chi connectivity index (χ2n) is 3.41. The Morgan fingerprint density at radius 2 is 2.29 bits per heavy atom. The molecule has 3 N–H and O–H groups in total. The maximum Gasteiger partial charge on any atom is 0.256 e. The van der Waals surface area contributed by atoms with Gasteiger partial charge in [0.05, 0.1) is 11.9 Å². The Balaban J connectivity index is 2.48. The van der Waals surface area contributed by atoms with Crippen molar-refractivity contribution in [3.05, 3.63) is 41.0 Å². The van der Waals surface area contributed by atoms with Gasteiger partial charge < -0.3 is 11.1 Å². The number of hydrogen-bond donors (Lipinski definition) is 2. The normalized spacial score (nSPS) is 10.2. The van der Waals surface area contributed by atoms with Crippen molar-refractivity contribution < 1.29 is 4.79 Å². The molecule has 1 amide bonds. The van der Waals surface area contributed by atoms with Gasteiger partial charge in [-0.1, -0.05) is 17.7 Å². The summed E-state index contributed by atoms with van der Waals surface area (Å²) in [5.74, 6) is 0.0161. The SMILES string of the molecule is CNC(=O)c1cnn(-c2cccc(Cl)c2)c1N. The number of nitrogens with two attached hydrogens (primary N) is 1. The zero-order valence-corrected chi connectivity index (χ0v) is 9.90. The largest absolute Gasteiger partial charge is 0.383 e. The molecule has 17 heavy (non-hydrogen) atoms. The van der Waals surface area contributed by atoms with Crippen molar-refractivity contribution in [1.82, 2.24) is 15.1 Å². The quantitative estimate of drug-likeness (QED) is 0.848. The molecule has 2 aromatic rings. The van der Waals surface area contributed by atoms with Gasteiger partial charge in [-0.05, 0) is 18.2 Å². The molecule has 0 radical (unpaired) electrons. The Labute approximate surface area is 103 Å². The summed E-state index contributed by atoms with van der Waals surface area (Å²) in [5, 5.41) is 7.15. The van der Waals surface area contributed by atoms with Crippen LogP contribution in [0.4, 0.5) is 5.82 Å². The fraction of sp³-hybridized carbons (Fsp3) is 0.0909. The van der Waals surface area contributed by atoms with Crippen LogP contribution in [-0.4, -0.2) is 22.7 Å². The van der Waals surface area contributed by atoms with Gasteiger partial charge in [-0.15, -0.1) is 0 Å². The minimum absolute atomic E-state index is 0.268. The Bertz CT molecular complexity index is 564. The molecule has 1 aromatic heterocycles. The number of anilines is 1. The summed E-state index contributed by atoms with van der Waals surface area (Å²) in [6.07, 6.45) is 1.43. The highest BCUT2D eigenvalue weighted by Crippen LogP contribution is 2.19. The number of nitrogen functional groups attached to an aromatic ring is 1. The molecule has 5 nitrogen and oxygen atoms in total. The van der Waals surface area contributed by atoms with Gasteiger partial charge in [-0.3, -0.25) is 4.79 Å². The molecule has 0 fully saturated rings. The van der Waals surface area contributed by atoms with Crippen molar-refractivity contribution in [3.8, 4) is 5.69 Å². The van der Waals surface area contributed by atoms with E-state index in [1.165, 1.54) is 10.9 Å². The molecule has 0 saturated carbocycles. The van der Waals surface area contributed by atoms with E-state index in [0.717, 1.165) is 0 Å². The first kappa shape index (κ1) is 11.5. The van der Waals surface area contributed by atoms with Gasteiger partial charge in [-0.2, -0.15) is 5.10 Å². The maximum absolute atomic E-state index is 11.5. The van der Waals surface area contributed by atoms with E-state index in [9.17, 15) is 4.79 Å². The highest BCUT2D eigenvalue weighted by molar-refractivity contribution is 6.30. The molecule has 1 aromatic carbocycles. The summed E-state index contributed by atoms with van der Waals surface area (Å²) in [5.41, 5.74) is 6.91. The minimum atomic E-state index is -0.268. The van der Waals surface area contributed by atoms with Gasteiger partial charge in [0.1, 0.15) is 11.4 Å². The van der Waals surface area contributed by atoms with Crippen molar-refractivity contribution in [1.29, 1.82) is 0 Å². The fourth-order valence-electron chi connectivity index (χ4n) is 1.48. The Kier molecular flexibility index (Phi) is 3.01. The van der Waals surface area contributed by atoms with Gasteiger partial charge in [0.2, 0.25) is 0 Å². The molecule has 0 saturated heterocycles. The van der Waals surface area contributed by atoms with Crippen LogP contribution in [0.2, 0.25) is 5.02 Å². The number of carbonyl (C=O) groups is 1. The van der Waals surface area contributed by atoms with Gasteiger partial charge in [0.25, 0.3) is 5.91 Å². The van der Waals surface area contributed by atoms with Gasteiger partial charge in [0.15, 0.2) is 0 Å². The van der Waals surface area contributed by atoms with E-state index in [0.29, 0.717) is 16.3 Å². The van der Waals surface area contributed by atoms with Crippen LogP contribution in [0.5, 0.6) is 0 Å². The van der Waals surface area contributed by atoms with Crippen LogP contribution in [0, 0.1) is 0 Å². The fourth-order valence-corrected chi connectivity index (χ4v) is 1.67. The van der Waals surface area contributed by atoms with Crippen LogP contribution in [0.3, 0.4) is 0 Å². The summed E-state index contributed by atoms with van der Waals surface area (Å²) in [7, 11) is 1.54. The number of hydrogen-bond acceptors (Lipinski definition) is 3. The molecule has 1 heterocycles. The van der Waals surface area contributed by atoms with E-state index >= 15 is 0 Å². The van der Waals surface area contributed by atoms with E-state index in [2.05, 4.69) is 10.4 Å². The molecule has 6 heteroatoms. The number of halogens is 1. The second-order valence-corrected chi connectivity index (χ2v) is 3.85. The lowest BCUT2D eigenvalue weighted by atomic mass is 10.3. The van der Waals surface area contributed by atoms with Crippen LogP contribution in [-0.2, 0) is 0 Å². The standard InChI is InChI=1S/C11H11ClN4O/c1-14-11(17)9-6-15-16(10(9)13)8-4-2-3-7(12)5-8/h2-6H,13H2,1H3,(H,14,17). The van der Waals surface area contributed by atoms with Crippen molar-refractivity contribution >= 4 is 23.3 Å². The number of nitrogens with one attached hydrogen (secondary N) is 1. The van der Waals surface area contributed by atoms with E-state index in [1.807, 2.05) is 6.07 Å². The van der Waals surface area contributed by atoms with Gasteiger partial charge in [0, 0.05) is 12.1 Å². The van der Waals surface area contributed by atoms with E-state index < -0.39 is 0 Å². The van der Waals surface area contributed by atoms with Crippen LogP contribution in [0.1, 0.15) is 10.4 Å². The predicted octanol–water partition coefficient (Wildman–Crippen LogP) is 1.47. The number of aromatic nitrogens is 2. The first-order chi connectivity index (χ1) is 8.13. The second kappa shape index (κ2) is 4.47. The highest BCUT2D eigenvalue weighted by Gasteiger charge is 2.14. The van der Waals surface area contributed by atoms with Crippen LogP contribution >= 0.6 is 11.6 Å². The summed E-state index contributed by atoms with van der Waals surface area (Å²) in [4.78, 5) is 11.5. The van der Waals surface area contributed by atoms with E-state index in [4.69, 9.17) is 17.3 Å². The molecule has 0 aliphatic heterocycles. The Hall–Kier alpha value is -2.01.